The normalized spacial score (nSPS) is 19.5. The number of pyridine rings is 1. The third-order valence-corrected chi connectivity index (χ3v) is 8.60. The summed E-state index contributed by atoms with van der Waals surface area (Å²) in [6.07, 6.45) is -3.13. The molecule has 1 amide bonds. The molecule has 0 spiro atoms. The number of benzene rings is 2. The van der Waals surface area contributed by atoms with Gasteiger partial charge in [-0.2, -0.15) is 0 Å². The molecule has 0 saturated carbocycles. The number of methoxy groups -OCH3 is 1. The Hall–Kier alpha value is -4.32. The van der Waals surface area contributed by atoms with Crippen LogP contribution in [-0.4, -0.2) is 78.1 Å². The number of aromatic nitrogens is 1. The third kappa shape index (κ3) is 8.48. The summed E-state index contributed by atoms with van der Waals surface area (Å²) in [5.41, 5.74) is 1.84. The first-order valence-corrected chi connectivity index (χ1v) is 15.2. The van der Waals surface area contributed by atoms with Crippen molar-refractivity contribution in [3.8, 4) is 11.5 Å². The van der Waals surface area contributed by atoms with Crippen LogP contribution in [0.3, 0.4) is 0 Å². The van der Waals surface area contributed by atoms with Gasteiger partial charge in [0, 0.05) is 55.8 Å². The Morgan fingerprint density at radius 3 is 2.11 bits per heavy atom. The van der Waals surface area contributed by atoms with Crippen LogP contribution in [0.25, 0.3) is 0 Å². The molecule has 3 heterocycles. The molecule has 2 saturated heterocycles. The van der Waals surface area contributed by atoms with Crippen LogP contribution in [0.2, 0.25) is 0 Å². The van der Waals surface area contributed by atoms with Gasteiger partial charge in [-0.15, -0.1) is 13.2 Å². The quantitative estimate of drug-likeness (QED) is 0.194. The first-order chi connectivity index (χ1) is 22.0. The lowest BCUT2D eigenvalue weighted by Gasteiger charge is -2.34. The van der Waals surface area contributed by atoms with Crippen molar-refractivity contribution in [2.45, 2.75) is 44.8 Å². The fourth-order valence-electron chi connectivity index (χ4n) is 5.98. The maximum Gasteiger partial charge on any atom is 0.573 e. The van der Waals surface area contributed by atoms with E-state index in [0.29, 0.717) is 62.3 Å². The van der Waals surface area contributed by atoms with Gasteiger partial charge in [0.1, 0.15) is 23.4 Å². The van der Waals surface area contributed by atoms with E-state index in [1.807, 2.05) is 4.90 Å². The molecule has 2 aliphatic heterocycles. The number of hydrogen-bond donors (Lipinski definition) is 0. The largest absolute Gasteiger partial charge is 0.573 e. The van der Waals surface area contributed by atoms with Gasteiger partial charge < -0.3 is 14.4 Å². The second kappa shape index (κ2) is 14.4. The molecular weight excluding hydrogens is 606 g/mol. The molecule has 244 valence electrons. The van der Waals surface area contributed by atoms with Crippen molar-refractivity contribution in [2.24, 2.45) is 11.8 Å². The molecule has 2 aliphatic rings. The van der Waals surface area contributed by atoms with Gasteiger partial charge in [-0.1, -0.05) is 12.1 Å². The van der Waals surface area contributed by atoms with E-state index >= 15 is 4.39 Å². The van der Waals surface area contributed by atoms with Crippen molar-refractivity contribution in [3.63, 3.8) is 0 Å². The Bertz CT molecular complexity index is 1510. The molecule has 0 bridgehead atoms. The van der Waals surface area contributed by atoms with Crippen molar-refractivity contribution < 1.29 is 41.4 Å². The van der Waals surface area contributed by atoms with Gasteiger partial charge in [0.15, 0.2) is 11.6 Å². The van der Waals surface area contributed by atoms with E-state index in [1.54, 1.807) is 36.3 Å². The smallest absolute Gasteiger partial charge is 0.497 e. The van der Waals surface area contributed by atoms with Crippen molar-refractivity contribution in [1.82, 2.24) is 14.8 Å². The Labute approximate surface area is 264 Å². The minimum Gasteiger partial charge on any atom is -0.497 e. The predicted molar refractivity (Wildman–Crippen MR) is 161 cm³/mol. The minimum absolute atomic E-state index is 0.00317. The van der Waals surface area contributed by atoms with Crippen molar-refractivity contribution in [1.29, 1.82) is 0 Å². The van der Waals surface area contributed by atoms with E-state index in [9.17, 15) is 27.6 Å². The number of carbonyl (C=O) groups excluding carboxylic acids is 3. The lowest BCUT2D eigenvalue weighted by molar-refractivity contribution is -0.274. The van der Waals surface area contributed by atoms with Crippen molar-refractivity contribution in [2.75, 3.05) is 33.3 Å². The molecule has 2 atom stereocenters. The Kier molecular flexibility index (Phi) is 10.4. The highest BCUT2D eigenvalue weighted by molar-refractivity contribution is 5.99. The number of piperidine rings is 2. The van der Waals surface area contributed by atoms with Crippen LogP contribution in [0.4, 0.5) is 17.6 Å². The number of likely N-dealkylation sites (tertiary alicyclic amines) is 2. The maximum absolute atomic E-state index is 15.1. The molecule has 0 radical (unpaired) electrons. The summed E-state index contributed by atoms with van der Waals surface area (Å²) in [5.74, 6) is -0.776. The van der Waals surface area contributed by atoms with Gasteiger partial charge >= 0.3 is 6.36 Å². The highest BCUT2D eigenvalue weighted by Crippen LogP contribution is 2.28. The predicted octanol–water partition coefficient (Wildman–Crippen LogP) is 6.16. The first kappa shape index (κ1) is 33.1. The fourth-order valence-corrected chi connectivity index (χ4v) is 5.98. The number of hydrogen-bond acceptors (Lipinski definition) is 7. The number of halogens is 4. The molecule has 0 aliphatic carbocycles. The molecule has 1 unspecified atom stereocenters. The zero-order valence-corrected chi connectivity index (χ0v) is 25.3. The van der Waals surface area contributed by atoms with Crippen molar-refractivity contribution >= 4 is 17.5 Å². The Balaban J connectivity index is 1.07. The topological polar surface area (TPSA) is 89.0 Å². The number of Topliss-reactive ketones (excluding diaryl/α,β-unsaturated/α-hetero) is 2. The van der Waals surface area contributed by atoms with Gasteiger partial charge in [-0.3, -0.25) is 24.3 Å². The highest BCUT2D eigenvalue weighted by Gasteiger charge is 2.33. The number of rotatable bonds is 10. The van der Waals surface area contributed by atoms with E-state index in [4.69, 9.17) is 4.74 Å². The zero-order chi connectivity index (χ0) is 32.8. The Morgan fingerprint density at radius 2 is 1.52 bits per heavy atom. The summed E-state index contributed by atoms with van der Waals surface area (Å²) in [6, 6.07) is 15.5. The van der Waals surface area contributed by atoms with Crippen LogP contribution in [0, 0.1) is 11.8 Å². The summed E-state index contributed by atoms with van der Waals surface area (Å²) in [6.45, 7) is 1.84. The lowest BCUT2D eigenvalue weighted by Crippen LogP contribution is -2.42. The molecular formula is C34H35F4N3O5. The van der Waals surface area contributed by atoms with Crippen LogP contribution in [-0.2, 0) is 6.54 Å². The van der Waals surface area contributed by atoms with Gasteiger partial charge in [0.25, 0.3) is 5.91 Å². The third-order valence-electron chi connectivity index (χ3n) is 8.60. The summed E-state index contributed by atoms with van der Waals surface area (Å²) in [4.78, 5) is 46.7. The summed E-state index contributed by atoms with van der Waals surface area (Å²) in [5, 5.41) is 0. The molecule has 46 heavy (non-hydrogen) atoms. The van der Waals surface area contributed by atoms with E-state index in [1.165, 1.54) is 42.6 Å². The summed E-state index contributed by atoms with van der Waals surface area (Å²) >= 11 is 0. The molecule has 3 aromatic rings. The van der Waals surface area contributed by atoms with Crippen LogP contribution in [0.1, 0.15) is 62.5 Å². The van der Waals surface area contributed by atoms with Gasteiger partial charge in [-0.25, -0.2) is 4.39 Å². The number of ketones is 2. The lowest BCUT2D eigenvalue weighted by atomic mass is 9.88. The molecule has 0 N–H and O–H groups in total. The van der Waals surface area contributed by atoms with Gasteiger partial charge in [0.2, 0.25) is 0 Å². The van der Waals surface area contributed by atoms with Crippen LogP contribution in [0.5, 0.6) is 11.5 Å². The SMILES string of the molecule is COc1ccc(C(=O)C2CCN(C(=O)c3ccc(C(=O)CC4CCN(Cc5ccc(OC(F)(F)F)cc5)C[C@H]4F)cn3)CC2)cc1. The number of alkyl halides is 4. The molecule has 5 rings (SSSR count). The molecule has 2 aromatic carbocycles. The second-order valence-electron chi connectivity index (χ2n) is 11.7. The van der Waals surface area contributed by atoms with Crippen molar-refractivity contribution in [3.05, 3.63) is 89.2 Å². The number of nitrogens with zero attached hydrogens (tertiary/aromatic N) is 3. The van der Waals surface area contributed by atoms with Gasteiger partial charge in [-0.05, 0) is 85.8 Å². The average Bonchev–Trinajstić information content (AvgIpc) is 3.05. The molecule has 2 fully saturated rings. The van der Waals surface area contributed by atoms with Crippen LogP contribution < -0.4 is 9.47 Å². The monoisotopic (exact) mass is 641 g/mol. The van der Waals surface area contributed by atoms with Crippen LogP contribution >= 0.6 is 0 Å². The highest BCUT2D eigenvalue weighted by atomic mass is 19.4. The number of amides is 1. The van der Waals surface area contributed by atoms with E-state index in [0.717, 1.165) is 5.56 Å². The molecule has 1 aromatic heterocycles. The zero-order valence-electron chi connectivity index (χ0n) is 25.3. The Morgan fingerprint density at radius 1 is 0.870 bits per heavy atom. The average molecular weight is 642 g/mol. The van der Waals surface area contributed by atoms with E-state index < -0.39 is 18.5 Å². The standard InChI is InChI=1S/C34H35F4N3O5/c1-45-27-9-4-23(5-10-27)32(43)24-13-16-41(17-14-24)33(44)30-11-6-26(19-39-30)31(42)18-25-12-15-40(21-29(25)35)20-22-2-7-28(8-3-22)46-34(36,37)38/h2-11,19,24-25,29H,12-18,20-21H2,1H3/t25?,29-/m1/s1. The van der Waals surface area contributed by atoms with E-state index in [-0.39, 0.29) is 47.8 Å². The molecule has 12 heteroatoms. The summed E-state index contributed by atoms with van der Waals surface area (Å²) < 4.78 is 61.2. The van der Waals surface area contributed by atoms with Gasteiger partial charge in [0.05, 0.1) is 7.11 Å². The van der Waals surface area contributed by atoms with Crippen LogP contribution in [0.15, 0.2) is 66.9 Å². The first-order valence-electron chi connectivity index (χ1n) is 15.2. The number of ether oxygens (including phenoxy) is 2. The molecule has 8 nitrogen and oxygen atoms in total. The van der Waals surface area contributed by atoms with E-state index in [2.05, 4.69) is 9.72 Å². The summed E-state index contributed by atoms with van der Waals surface area (Å²) in [7, 11) is 1.57. The number of carbonyl (C=O) groups is 3. The second-order valence-corrected chi connectivity index (χ2v) is 11.7. The minimum atomic E-state index is -4.77. The maximum atomic E-state index is 15.1. The fraction of sp³-hybridized carbons (Fsp3) is 0.412.